The Balaban J connectivity index is 2.53. The third kappa shape index (κ3) is 4.25. The van der Waals surface area contributed by atoms with E-state index in [-0.39, 0.29) is 22.6 Å². The molecule has 0 spiro atoms. The van der Waals surface area contributed by atoms with Crippen molar-refractivity contribution < 1.29 is 28.3 Å². The molecule has 0 bridgehead atoms. The molecule has 0 aromatic heterocycles. The number of nitro groups is 1. The fraction of sp³-hybridized carbons (Fsp3) is 0.278. The average molecular weight is 443 g/mol. The summed E-state index contributed by atoms with van der Waals surface area (Å²) in [6, 6.07) is 8.20. The van der Waals surface area contributed by atoms with Gasteiger partial charge in [0, 0.05) is 24.2 Å². The molecule has 2 aromatic rings. The molecule has 0 saturated heterocycles. The first-order chi connectivity index (χ1) is 13.5. The zero-order valence-corrected chi connectivity index (χ0v) is 17.1. The normalized spacial score (nSPS) is 14.9. The number of nitro benzene ring substituents is 1. The van der Waals surface area contributed by atoms with Crippen molar-refractivity contribution in [2.24, 2.45) is 0 Å². The number of benzene rings is 2. The summed E-state index contributed by atoms with van der Waals surface area (Å²) in [5, 5.41) is 31.9. The fourth-order valence-electron chi connectivity index (χ4n) is 3.05. The second-order valence-electron chi connectivity index (χ2n) is 6.27. The van der Waals surface area contributed by atoms with Crippen molar-refractivity contribution >= 4 is 33.3 Å². The molecule has 0 aliphatic heterocycles. The zero-order valence-electron chi connectivity index (χ0n) is 15.5. The highest BCUT2D eigenvalue weighted by molar-refractivity contribution is 7.89. The molecule has 0 saturated carbocycles. The van der Waals surface area contributed by atoms with Gasteiger partial charge in [-0.1, -0.05) is 30.7 Å². The number of nitrogens with zero attached hydrogens (tertiary/aromatic N) is 2. The standard InChI is InChI=1S/C18H19ClN2O7S/c1-3-16(18(24,17(22)23)12-4-6-13(19)7-5-12)20(2)29(27,28)15-10-8-14(9-11-15)21(25)26/h4-11,16,24H,3H2,1-2H3,(H,22,23)/t16?,18-/m1/s1. The molecular weight excluding hydrogens is 424 g/mol. The molecule has 11 heteroatoms. The lowest BCUT2D eigenvalue weighted by Gasteiger charge is -2.37. The van der Waals surface area contributed by atoms with Gasteiger partial charge in [0.2, 0.25) is 15.6 Å². The molecule has 2 N–H and O–H groups in total. The molecule has 0 aliphatic carbocycles. The van der Waals surface area contributed by atoms with Crippen molar-refractivity contribution in [3.05, 3.63) is 69.2 Å². The van der Waals surface area contributed by atoms with Crippen molar-refractivity contribution in [3.8, 4) is 0 Å². The summed E-state index contributed by atoms with van der Waals surface area (Å²) in [7, 11) is -3.12. The molecule has 1 unspecified atom stereocenters. The maximum atomic E-state index is 13.0. The summed E-state index contributed by atoms with van der Waals surface area (Å²) < 4.78 is 26.8. The number of likely N-dealkylation sites (N-methyl/N-ethyl adjacent to an activating group) is 1. The quantitative estimate of drug-likeness (QED) is 0.473. The predicted octanol–water partition coefficient (Wildman–Crippen LogP) is 2.62. The van der Waals surface area contributed by atoms with Crippen molar-refractivity contribution in [2.45, 2.75) is 29.9 Å². The van der Waals surface area contributed by atoms with Crippen LogP contribution in [-0.4, -0.2) is 46.9 Å². The van der Waals surface area contributed by atoms with E-state index in [4.69, 9.17) is 11.6 Å². The monoisotopic (exact) mass is 442 g/mol. The van der Waals surface area contributed by atoms with Crippen LogP contribution in [0.5, 0.6) is 0 Å². The molecule has 2 atom stereocenters. The van der Waals surface area contributed by atoms with Crippen molar-refractivity contribution in [3.63, 3.8) is 0 Å². The van der Waals surface area contributed by atoms with Gasteiger partial charge in [0.25, 0.3) is 5.69 Å². The Labute approximate surface area is 172 Å². The predicted molar refractivity (Wildman–Crippen MR) is 105 cm³/mol. The van der Waals surface area contributed by atoms with E-state index in [2.05, 4.69) is 0 Å². The Morgan fingerprint density at radius 3 is 2.14 bits per heavy atom. The molecule has 0 radical (unpaired) electrons. The lowest BCUT2D eigenvalue weighted by molar-refractivity contribution is -0.384. The summed E-state index contributed by atoms with van der Waals surface area (Å²) in [6.07, 6.45) is -0.0336. The van der Waals surface area contributed by atoms with Gasteiger partial charge in [-0.05, 0) is 36.2 Å². The highest BCUT2D eigenvalue weighted by Crippen LogP contribution is 2.34. The SMILES string of the molecule is CCC(N(C)S(=O)(=O)c1ccc([N+](=O)[O-])cc1)[C@@](O)(C(=O)O)c1ccc(Cl)cc1. The number of halogens is 1. The molecule has 0 heterocycles. The van der Waals surface area contributed by atoms with Gasteiger partial charge < -0.3 is 10.2 Å². The Morgan fingerprint density at radius 2 is 1.72 bits per heavy atom. The van der Waals surface area contributed by atoms with Crippen LogP contribution in [0.2, 0.25) is 5.02 Å². The van der Waals surface area contributed by atoms with E-state index >= 15 is 0 Å². The molecule has 0 fully saturated rings. The van der Waals surface area contributed by atoms with E-state index < -0.39 is 32.6 Å². The maximum absolute atomic E-state index is 13.0. The first-order valence-electron chi connectivity index (χ1n) is 8.40. The first kappa shape index (κ1) is 22.8. The van der Waals surface area contributed by atoms with E-state index in [1.54, 1.807) is 0 Å². The van der Waals surface area contributed by atoms with Gasteiger partial charge in [0.05, 0.1) is 15.9 Å². The van der Waals surface area contributed by atoms with Crippen molar-refractivity contribution in [2.75, 3.05) is 7.05 Å². The Bertz CT molecular complexity index is 1010. The number of non-ortho nitro benzene ring substituents is 1. The molecule has 2 aromatic carbocycles. The largest absolute Gasteiger partial charge is 0.479 e. The Hall–Kier alpha value is -2.53. The number of hydrogen-bond acceptors (Lipinski definition) is 6. The van der Waals surface area contributed by atoms with Crippen molar-refractivity contribution in [1.29, 1.82) is 0 Å². The number of hydrogen-bond donors (Lipinski definition) is 2. The molecule has 0 amide bonds. The zero-order chi connectivity index (χ0) is 22.0. The molecule has 0 aliphatic rings. The van der Waals surface area contributed by atoms with E-state index in [0.717, 1.165) is 35.6 Å². The summed E-state index contributed by atoms with van der Waals surface area (Å²) in [4.78, 5) is 21.9. The van der Waals surface area contributed by atoms with Crippen LogP contribution in [-0.2, 0) is 20.4 Å². The number of rotatable bonds is 8. The number of carbonyl (C=O) groups is 1. The highest BCUT2D eigenvalue weighted by Gasteiger charge is 2.49. The summed E-state index contributed by atoms with van der Waals surface area (Å²) in [6.45, 7) is 1.54. The van der Waals surface area contributed by atoms with Crippen LogP contribution >= 0.6 is 11.6 Å². The van der Waals surface area contributed by atoms with E-state index in [9.17, 15) is 33.5 Å². The minimum absolute atomic E-state index is 0.0336. The van der Waals surface area contributed by atoms with Gasteiger partial charge in [-0.25, -0.2) is 13.2 Å². The summed E-state index contributed by atoms with van der Waals surface area (Å²) >= 11 is 5.82. The third-order valence-electron chi connectivity index (χ3n) is 4.64. The minimum Gasteiger partial charge on any atom is -0.479 e. The maximum Gasteiger partial charge on any atom is 0.342 e. The van der Waals surface area contributed by atoms with Crippen molar-refractivity contribution in [1.82, 2.24) is 4.31 Å². The minimum atomic E-state index is -4.26. The van der Waals surface area contributed by atoms with Crippen LogP contribution in [0.1, 0.15) is 18.9 Å². The number of aliphatic hydroxyl groups is 1. The van der Waals surface area contributed by atoms with E-state index in [1.807, 2.05) is 0 Å². The van der Waals surface area contributed by atoms with Crippen LogP contribution in [0.3, 0.4) is 0 Å². The molecule has 156 valence electrons. The number of carboxylic acid groups (broad SMARTS) is 1. The topological polar surface area (TPSA) is 138 Å². The number of sulfonamides is 1. The van der Waals surface area contributed by atoms with Gasteiger partial charge in [0.1, 0.15) is 0 Å². The molecule has 9 nitrogen and oxygen atoms in total. The smallest absolute Gasteiger partial charge is 0.342 e. The van der Waals surface area contributed by atoms with Crippen LogP contribution < -0.4 is 0 Å². The molecule has 2 rings (SSSR count). The lowest BCUT2D eigenvalue weighted by atomic mass is 9.85. The average Bonchev–Trinajstić information content (AvgIpc) is 2.68. The second-order valence-corrected chi connectivity index (χ2v) is 8.71. The second kappa shape index (κ2) is 8.46. The van der Waals surface area contributed by atoms with Crippen LogP contribution in [0, 0.1) is 10.1 Å². The summed E-state index contributed by atoms with van der Waals surface area (Å²) in [5.74, 6) is -1.63. The van der Waals surface area contributed by atoms with Gasteiger partial charge in [-0.15, -0.1) is 0 Å². The molecular formula is C18H19ClN2O7S. The fourth-order valence-corrected chi connectivity index (χ4v) is 4.63. The Kier molecular flexibility index (Phi) is 6.63. The van der Waals surface area contributed by atoms with E-state index in [1.165, 1.54) is 31.2 Å². The van der Waals surface area contributed by atoms with Gasteiger partial charge in [-0.3, -0.25) is 10.1 Å². The van der Waals surface area contributed by atoms with Gasteiger partial charge in [-0.2, -0.15) is 4.31 Å². The highest BCUT2D eigenvalue weighted by atomic mass is 35.5. The van der Waals surface area contributed by atoms with E-state index in [0.29, 0.717) is 5.02 Å². The van der Waals surface area contributed by atoms with Crippen LogP contribution in [0.4, 0.5) is 5.69 Å². The van der Waals surface area contributed by atoms with Gasteiger partial charge in [0.15, 0.2) is 0 Å². The molecule has 29 heavy (non-hydrogen) atoms. The Morgan fingerprint density at radius 1 is 1.21 bits per heavy atom. The first-order valence-corrected chi connectivity index (χ1v) is 10.2. The van der Waals surface area contributed by atoms with Gasteiger partial charge >= 0.3 is 5.97 Å². The third-order valence-corrected chi connectivity index (χ3v) is 6.78. The number of aliphatic carboxylic acids is 1. The van der Waals surface area contributed by atoms with Crippen LogP contribution in [0.15, 0.2) is 53.4 Å². The summed E-state index contributed by atoms with van der Waals surface area (Å²) in [5.41, 5.74) is -2.88. The van der Waals surface area contributed by atoms with Crippen LogP contribution in [0.25, 0.3) is 0 Å². The number of carboxylic acids is 1. The lowest BCUT2D eigenvalue weighted by Crippen LogP contribution is -2.55.